The Balaban J connectivity index is 1.88. The second-order valence-electron chi connectivity index (χ2n) is 4.57. The Morgan fingerprint density at radius 3 is 2.70 bits per heavy atom. The Morgan fingerprint density at radius 2 is 2.05 bits per heavy atom. The van der Waals surface area contributed by atoms with Gasteiger partial charge >= 0.3 is 0 Å². The van der Waals surface area contributed by atoms with Crippen LogP contribution in [0.5, 0.6) is 11.5 Å². The van der Waals surface area contributed by atoms with Gasteiger partial charge in [-0.1, -0.05) is 6.07 Å². The number of benzene rings is 1. The average Bonchev–Trinajstić information content (AvgIpc) is 2.93. The first-order valence-electron chi connectivity index (χ1n) is 6.22. The van der Waals surface area contributed by atoms with Crippen molar-refractivity contribution in [3.05, 3.63) is 47.8 Å². The minimum atomic E-state index is -0.710. The van der Waals surface area contributed by atoms with E-state index in [4.69, 9.17) is 5.73 Å². The molecule has 0 spiro atoms. The van der Waals surface area contributed by atoms with Crippen molar-refractivity contribution in [3.8, 4) is 11.5 Å². The lowest BCUT2D eigenvalue weighted by atomic mass is 10.1. The highest BCUT2D eigenvalue weighted by molar-refractivity contribution is 5.81. The number of carbonyl (C=O) groups excluding carboxylic acids is 1. The largest absolute Gasteiger partial charge is 0.504 e. The molecular formula is C14H17N3O3. The lowest BCUT2D eigenvalue weighted by Gasteiger charge is -2.12. The number of H-pyrrole nitrogens is 1. The molecule has 0 radical (unpaired) electrons. The van der Waals surface area contributed by atoms with Crippen LogP contribution >= 0.6 is 0 Å². The number of hydrogen-bond acceptors (Lipinski definition) is 4. The topological polar surface area (TPSA) is 111 Å². The Kier molecular flexibility index (Phi) is 4.27. The molecule has 1 aromatic heterocycles. The van der Waals surface area contributed by atoms with E-state index < -0.39 is 6.04 Å². The summed E-state index contributed by atoms with van der Waals surface area (Å²) in [5, 5.41) is 21.3. The molecule has 6 heteroatoms. The minimum absolute atomic E-state index is 0.195. The summed E-state index contributed by atoms with van der Waals surface area (Å²) in [4.78, 5) is 14.7. The van der Waals surface area contributed by atoms with Gasteiger partial charge < -0.3 is 26.2 Å². The molecule has 0 aliphatic carbocycles. The quantitative estimate of drug-likeness (QED) is 0.515. The molecule has 1 aromatic carbocycles. The number of phenols is 2. The molecule has 6 nitrogen and oxygen atoms in total. The molecule has 106 valence electrons. The highest BCUT2D eigenvalue weighted by Crippen LogP contribution is 2.25. The van der Waals surface area contributed by atoms with Gasteiger partial charge in [-0.15, -0.1) is 0 Å². The maximum atomic E-state index is 11.8. The van der Waals surface area contributed by atoms with Crippen molar-refractivity contribution >= 4 is 5.91 Å². The minimum Gasteiger partial charge on any atom is -0.504 e. The molecule has 0 saturated carbocycles. The number of nitrogens with two attached hydrogens (primary N) is 1. The van der Waals surface area contributed by atoms with E-state index in [0.29, 0.717) is 12.1 Å². The number of nitrogens with one attached hydrogen (secondary N) is 2. The van der Waals surface area contributed by atoms with E-state index in [1.54, 1.807) is 18.5 Å². The Hall–Kier alpha value is -2.47. The zero-order valence-electron chi connectivity index (χ0n) is 10.8. The van der Waals surface area contributed by atoms with Gasteiger partial charge in [-0.05, 0) is 35.7 Å². The summed E-state index contributed by atoms with van der Waals surface area (Å²) in [6, 6.07) is 5.54. The highest BCUT2D eigenvalue weighted by Gasteiger charge is 2.14. The molecule has 0 fully saturated rings. The first-order chi connectivity index (χ1) is 9.56. The monoisotopic (exact) mass is 275 g/mol. The van der Waals surface area contributed by atoms with Crippen LogP contribution in [-0.2, 0) is 17.8 Å². The summed E-state index contributed by atoms with van der Waals surface area (Å²) in [5.41, 5.74) is 7.46. The molecule has 2 aromatic rings. The van der Waals surface area contributed by atoms with Crippen molar-refractivity contribution in [2.45, 2.75) is 19.0 Å². The fourth-order valence-corrected chi connectivity index (χ4v) is 1.83. The lowest BCUT2D eigenvalue weighted by molar-refractivity contribution is -0.122. The van der Waals surface area contributed by atoms with Crippen LogP contribution in [0.4, 0.5) is 0 Å². The van der Waals surface area contributed by atoms with Gasteiger partial charge in [0.2, 0.25) is 5.91 Å². The van der Waals surface area contributed by atoms with Gasteiger partial charge in [-0.25, -0.2) is 0 Å². The second-order valence-corrected chi connectivity index (χ2v) is 4.57. The SMILES string of the molecule is N[C@@H](Cc1ccc(O)c(O)c1)C(=O)NCc1cc[nH]c1. The number of rotatable bonds is 5. The normalized spacial score (nSPS) is 12.1. The van der Waals surface area contributed by atoms with E-state index in [1.807, 2.05) is 6.07 Å². The van der Waals surface area contributed by atoms with E-state index >= 15 is 0 Å². The van der Waals surface area contributed by atoms with E-state index in [1.165, 1.54) is 12.1 Å². The van der Waals surface area contributed by atoms with Gasteiger partial charge in [-0.3, -0.25) is 4.79 Å². The highest BCUT2D eigenvalue weighted by atomic mass is 16.3. The second kappa shape index (κ2) is 6.12. The third-order valence-corrected chi connectivity index (χ3v) is 2.96. The summed E-state index contributed by atoms with van der Waals surface area (Å²) in [6.45, 7) is 0.414. The fourth-order valence-electron chi connectivity index (χ4n) is 1.83. The van der Waals surface area contributed by atoms with E-state index in [0.717, 1.165) is 5.56 Å². The molecule has 6 N–H and O–H groups in total. The number of hydrogen-bond donors (Lipinski definition) is 5. The van der Waals surface area contributed by atoms with Gasteiger partial charge in [0.15, 0.2) is 11.5 Å². The van der Waals surface area contributed by atoms with Crippen LogP contribution in [0.3, 0.4) is 0 Å². The van der Waals surface area contributed by atoms with Crippen LogP contribution in [0.2, 0.25) is 0 Å². The molecule has 1 heterocycles. The molecule has 20 heavy (non-hydrogen) atoms. The van der Waals surface area contributed by atoms with E-state index in [2.05, 4.69) is 10.3 Å². The zero-order chi connectivity index (χ0) is 14.5. The summed E-state index contributed by atoms with van der Waals surface area (Å²) in [5.74, 6) is -0.680. The third kappa shape index (κ3) is 3.52. The predicted octanol–water partition coefficient (Wildman–Crippen LogP) is 0.612. The standard InChI is InChI=1S/C14H17N3O3/c15-11(5-9-1-2-12(18)13(19)6-9)14(20)17-8-10-3-4-16-7-10/h1-4,6-7,11,16,18-19H,5,8,15H2,(H,17,20)/t11-/m0/s1. The van der Waals surface area contributed by atoms with Gasteiger partial charge in [0.25, 0.3) is 0 Å². The lowest BCUT2D eigenvalue weighted by Crippen LogP contribution is -2.41. The summed E-state index contributed by atoms with van der Waals surface area (Å²) >= 11 is 0. The smallest absolute Gasteiger partial charge is 0.237 e. The molecular weight excluding hydrogens is 258 g/mol. The molecule has 0 aliphatic rings. The summed E-state index contributed by atoms with van der Waals surface area (Å²) < 4.78 is 0. The van der Waals surface area contributed by atoms with Crippen molar-refractivity contribution in [1.82, 2.24) is 10.3 Å². The summed E-state index contributed by atoms with van der Waals surface area (Å²) in [6.07, 6.45) is 3.86. The maximum absolute atomic E-state index is 11.8. The Bertz CT molecular complexity index is 581. The predicted molar refractivity (Wildman–Crippen MR) is 74.1 cm³/mol. The fraction of sp³-hybridized carbons (Fsp3) is 0.214. The van der Waals surface area contributed by atoms with Gasteiger partial charge in [-0.2, -0.15) is 0 Å². The van der Waals surface area contributed by atoms with Crippen molar-refractivity contribution in [3.63, 3.8) is 0 Å². The average molecular weight is 275 g/mol. The number of aromatic amines is 1. The van der Waals surface area contributed by atoms with E-state index in [-0.39, 0.29) is 23.8 Å². The van der Waals surface area contributed by atoms with Gasteiger partial charge in [0.1, 0.15) is 0 Å². The van der Waals surface area contributed by atoms with Crippen molar-refractivity contribution in [1.29, 1.82) is 0 Å². The van der Waals surface area contributed by atoms with Crippen LogP contribution in [-0.4, -0.2) is 27.1 Å². The van der Waals surface area contributed by atoms with Crippen LogP contribution in [0.1, 0.15) is 11.1 Å². The molecule has 1 atom stereocenters. The molecule has 0 aliphatic heterocycles. The van der Waals surface area contributed by atoms with Crippen LogP contribution in [0.25, 0.3) is 0 Å². The number of amides is 1. The molecule has 2 rings (SSSR count). The molecule has 0 bridgehead atoms. The zero-order valence-corrected chi connectivity index (χ0v) is 10.8. The Morgan fingerprint density at radius 1 is 1.25 bits per heavy atom. The van der Waals surface area contributed by atoms with Gasteiger partial charge in [0.05, 0.1) is 6.04 Å². The first-order valence-corrected chi connectivity index (χ1v) is 6.22. The summed E-state index contributed by atoms with van der Waals surface area (Å²) in [7, 11) is 0. The third-order valence-electron chi connectivity index (χ3n) is 2.96. The number of aromatic nitrogens is 1. The van der Waals surface area contributed by atoms with Crippen molar-refractivity contribution in [2.75, 3.05) is 0 Å². The molecule has 0 saturated heterocycles. The number of aromatic hydroxyl groups is 2. The first kappa shape index (κ1) is 14.0. The van der Waals surface area contributed by atoms with Crippen LogP contribution in [0.15, 0.2) is 36.7 Å². The Labute approximate surface area is 116 Å². The number of phenolic OH excluding ortho intramolecular Hbond substituents is 2. The van der Waals surface area contributed by atoms with E-state index in [9.17, 15) is 15.0 Å². The maximum Gasteiger partial charge on any atom is 0.237 e. The van der Waals surface area contributed by atoms with Crippen LogP contribution < -0.4 is 11.1 Å². The van der Waals surface area contributed by atoms with Crippen LogP contribution in [0, 0.1) is 0 Å². The van der Waals surface area contributed by atoms with Gasteiger partial charge in [0, 0.05) is 18.9 Å². The number of carbonyl (C=O) groups is 1. The molecule has 0 unspecified atom stereocenters. The van der Waals surface area contributed by atoms with Crippen molar-refractivity contribution in [2.24, 2.45) is 5.73 Å². The molecule has 1 amide bonds. The van der Waals surface area contributed by atoms with Crippen molar-refractivity contribution < 1.29 is 15.0 Å².